The molecule has 0 spiro atoms. The summed E-state index contributed by atoms with van der Waals surface area (Å²) < 4.78 is 0. The second kappa shape index (κ2) is 6.62. The molecule has 116 valence electrons. The second-order valence-electron chi connectivity index (χ2n) is 5.27. The molecule has 23 heavy (non-hydrogen) atoms. The molecule has 0 aliphatic carbocycles. The molecular weight excluding hydrogens is 306 g/mol. The summed E-state index contributed by atoms with van der Waals surface area (Å²) in [5.41, 5.74) is 9.10. The Morgan fingerprint density at radius 1 is 1.17 bits per heavy atom. The highest BCUT2D eigenvalue weighted by molar-refractivity contribution is 7.10. The third kappa shape index (κ3) is 3.57. The number of nitrogens with two attached hydrogens (primary N) is 1. The van der Waals surface area contributed by atoms with Crippen LogP contribution in [0.3, 0.4) is 0 Å². The molecule has 4 nitrogen and oxygen atoms in total. The fourth-order valence-corrected chi connectivity index (χ4v) is 3.08. The van der Waals surface area contributed by atoms with E-state index in [-0.39, 0.29) is 11.8 Å². The lowest BCUT2D eigenvalue weighted by atomic mass is 10.1. The number of nitrogens with zero attached hydrogens (tertiary/aromatic N) is 1. The molecule has 0 bridgehead atoms. The smallest absolute Gasteiger partial charge is 0.234 e. The first-order chi connectivity index (χ1) is 11.1. The summed E-state index contributed by atoms with van der Waals surface area (Å²) in [6.07, 6.45) is 0. The molecule has 0 aliphatic rings. The van der Waals surface area contributed by atoms with E-state index >= 15 is 0 Å². The zero-order valence-electron chi connectivity index (χ0n) is 12.7. The van der Waals surface area contributed by atoms with Gasteiger partial charge in [0.25, 0.3) is 0 Å². The number of thiazole rings is 1. The quantitative estimate of drug-likeness (QED) is 0.709. The molecule has 0 fully saturated rings. The number of hydrogen-bond donors (Lipinski definition) is 2. The van der Waals surface area contributed by atoms with E-state index in [1.54, 1.807) is 0 Å². The minimum Gasteiger partial charge on any atom is -0.399 e. The second-order valence-corrected chi connectivity index (χ2v) is 6.16. The number of hydrogen-bond acceptors (Lipinski definition) is 4. The first kappa shape index (κ1) is 15.2. The molecule has 3 N–H and O–H groups in total. The maximum atomic E-state index is 12.3. The Hall–Kier alpha value is -2.66. The summed E-state index contributed by atoms with van der Waals surface area (Å²) in [6.45, 7) is 1.86. The summed E-state index contributed by atoms with van der Waals surface area (Å²) in [7, 11) is 0. The number of benzene rings is 2. The van der Waals surface area contributed by atoms with E-state index in [1.165, 1.54) is 11.3 Å². The molecule has 1 heterocycles. The van der Waals surface area contributed by atoms with Gasteiger partial charge in [-0.25, -0.2) is 4.98 Å². The van der Waals surface area contributed by atoms with Crippen LogP contribution in [-0.2, 0) is 4.79 Å². The topological polar surface area (TPSA) is 68.0 Å². The summed E-state index contributed by atoms with van der Waals surface area (Å²) in [6, 6.07) is 17.0. The van der Waals surface area contributed by atoms with Crippen molar-refractivity contribution < 1.29 is 4.79 Å². The minimum atomic E-state index is -0.310. The first-order valence-corrected chi connectivity index (χ1v) is 8.18. The molecule has 2 aromatic carbocycles. The molecule has 1 atom stereocenters. The van der Waals surface area contributed by atoms with Gasteiger partial charge in [0.15, 0.2) is 0 Å². The van der Waals surface area contributed by atoms with Crippen molar-refractivity contribution in [2.45, 2.75) is 12.8 Å². The van der Waals surface area contributed by atoms with Gasteiger partial charge in [-0.1, -0.05) is 30.3 Å². The van der Waals surface area contributed by atoms with E-state index in [0.717, 1.165) is 22.0 Å². The Morgan fingerprint density at radius 2 is 1.96 bits per heavy atom. The van der Waals surface area contributed by atoms with Crippen LogP contribution in [0.4, 0.5) is 11.4 Å². The van der Waals surface area contributed by atoms with Gasteiger partial charge in [-0.15, -0.1) is 11.3 Å². The van der Waals surface area contributed by atoms with Gasteiger partial charge in [-0.3, -0.25) is 4.79 Å². The molecule has 0 radical (unpaired) electrons. The number of rotatable bonds is 4. The Morgan fingerprint density at radius 3 is 2.70 bits per heavy atom. The predicted molar refractivity (Wildman–Crippen MR) is 95.4 cm³/mol. The van der Waals surface area contributed by atoms with Crippen LogP contribution in [0.1, 0.15) is 17.8 Å². The van der Waals surface area contributed by atoms with Crippen LogP contribution in [0.15, 0.2) is 60.0 Å². The number of amides is 1. The lowest BCUT2D eigenvalue weighted by molar-refractivity contribution is -0.117. The van der Waals surface area contributed by atoms with Gasteiger partial charge in [0.2, 0.25) is 5.91 Å². The lowest BCUT2D eigenvalue weighted by Crippen LogP contribution is -2.18. The number of carbonyl (C=O) groups excluding carboxylic acids is 1. The molecular formula is C18H17N3OS. The van der Waals surface area contributed by atoms with Gasteiger partial charge in [0, 0.05) is 22.3 Å². The predicted octanol–water partition coefficient (Wildman–Crippen LogP) is 4.13. The van der Waals surface area contributed by atoms with Crippen LogP contribution in [0.5, 0.6) is 0 Å². The first-order valence-electron chi connectivity index (χ1n) is 7.31. The van der Waals surface area contributed by atoms with E-state index in [1.807, 2.05) is 66.9 Å². The minimum absolute atomic E-state index is 0.0651. The Bertz CT molecular complexity index is 814. The number of nitrogens with one attached hydrogen (secondary N) is 1. The van der Waals surface area contributed by atoms with Crippen molar-refractivity contribution in [1.29, 1.82) is 0 Å². The largest absolute Gasteiger partial charge is 0.399 e. The third-order valence-electron chi connectivity index (χ3n) is 3.51. The molecule has 1 unspecified atom stereocenters. The normalized spacial score (nSPS) is 11.9. The van der Waals surface area contributed by atoms with Crippen molar-refractivity contribution in [2.75, 3.05) is 11.1 Å². The molecule has 3 rings (SSSR count). The molecule has 1 amide bonds. The van der Waals surface area contributed by atoms with Crippen molar-refractivity contribution in [3.8, 4) is 11.3 Å². The Kier molecular flexibility index (Phi) is 4.39. The van der Waals surface area contributed by atoms with Gasteiger partial charge < -0.3 is 11.1 Å². The van der Waals surface area contributed by atoms with Crippen molar-refractivity contribution >= 4 is 28.6 Å². The van der Waals surface area contributed by atoms with Crippen LogP contribution < -0.4 is 11.1 Å². The number of aromatic nitrogens is 1. The average Bonchev–Trinajstić information content (AvgIpc) is 3.05. The van der Waals surface area contributed by atoms with E-state index < -0.39 is 0 Å². The van der Waals surface area contributed by atoms with Crippen LogP contribution in [0, 0.1) is 0 Å². The van der Waals surface area contributed by atoms with Crippen LogP contribution in [0.25, 0.3) is 11.3 Å². The summed E-state index contributed by atoms with van der Waals surface area (Å²) in [5, 5.41) is 5.65. The molecule has 1 aromatic heterocycles. The lowest BCUT2D eigenvalue weighted by Gasteiger charge is -2.09. The highest BCUT2D eigenvalue weighted by Gasteiger charge is 2.19. The maximum absolute atomic E-state index is 12.3. The average molecular weight is 323 g/mol. The zero-order valence-corrected chi connectivity index (χ0v) is 13.5. The third-order valence-corrected chi connectivity index (χ3v) is 4.54. The van der Waals surface area contributed by atoms with Crippen molar-refractivity contribution in [2.24, 2.45) is 0 Å². The summed E-state index contributed by atoms with van der Waals surface area (Å²) in [5.74, 6) is -0.375. The molecule has 0 saturated heterocycles. The highest BCUT2D eigenvalue weighted by Crippen LogP contribution is 2.28. The van der Waals surface area contributed by atoms with Crippen molar-refractivity contribution in [1.82, 2.24) is 4.98 Å². The van der Waals surface area contributed by atoms with Gasteiger partial charge in [0.1, 0.15) is 5.01 Å². The summed E-state index contributed by atoms with van der Waals surface area (Å²) in [4.78, 5) is 16.9. The number of anilines is 2. The monoisotopic (exact) mass is 323 g/mol. The van der Waals surface area contributed by atoms with E-state index in [0.29, 0.717) is 5.69 Å². The van der Waals surface area contributed by atoms with E-state index in [2.05, 4.69) is 10.3 Å². The number of nitrogen functional groups attached to an aromatic ring is 1. The molecule has 0 saturated carbocycles. The van der Waals surface area contributed by atoms with E-state index in [4.69, 9.17) is 5.73 Å². The van der Waals surface area contributed by atoms with Crippen LogP contribution >= 0.6 is 11.3 Å². The standard InChI is InChI=1S/C18H17N3OS/c1-12(17(22)20-15-8-3-2-4-9-15)18-21-16(11-23-18)13-6-5-7-14(19)10-13/h2-12H,19H2,1H3,(H,20,22). The zero-order chi connectivity index (χ0) is 16.2. The van der Waals surface area contributed by atoms with E-state index in [9.17, 15) is 4.79 Å². The Balaban J connectivity index is 1.75. The fraction of sp³-hybridized carbons (Fsp3) is 0.111. The van der Waals surface area contributed by atoms with Gasteiger partial charge in [-0.05, 0) is 31.2 Å². The van der Waals surface area contributed by atoms with Crippen LogP contribution in [-0.4, -0.2) is 10.9 Å². The molecule has 0 aliphatic heterocycles. The van der Waals surface area contributed by atoms with Gasteiger partial charge >= 0.3 is 0 Å². The fourth-order valence-electron chi connectivity index (χ4n) is 2.20. The van der Waals surface area contributed by atoms with Gasteiger partial charge in [0.05, 0.1) is 11.6 Å². The highest BCUT2D eigenvalue weighted by atomic mass is 32.1. The summed E-state index contributed by atoms with van der Waals surface area (Å²) >= 11 is 1.48. The SMILES string of the molecule is CC(C(=O)Nc1ccccc1)c1nc(-c2cccc(N)c2)cs1. The Labute approximate surface area is 139 Å². The number of carbonyl (C=O) groups is 1. The molecule has 5 heteroatoms. The number of para-hydroxylation sites is 1. The molecule has 3 aromatic rings. The van der Waals surface area contributed by atoms with Crippen molar-refractivity contribution in [3.05, 3.63) is 65.0 Å². The van der Waals surface area contributed by atoms with Crippen LogP contribution in [0.2, 0.25) is 0 Å². The van der Waals surface area contributed by atoms with Gasteiger partial charge in [-0.2, -0.15) is 0 Å². The maximum Gasteiger partial charge on any atom is 0.234 e. The van der Waals surface area contributed by atoms with Crippen molar-refractivity contribution in [3.63, 3.8) is 0 Å².